The number of anilines is 2. The maximum absolute atomic E-state index is 13.7. The van der Waals surface area contributed by atoms with Crippen LogP contribution in [0, 0.1) is 11.8 Å². The molecule has 218 valence electrons. The molecule has 13 nitrogen and oxygen atoms in total. The number of aromatic hydroxyl groups is 1. The molecular weight excluding hydrogens is 548 g/mol. The van der Waals surface area contributed by atoms with Gasteiger partial charge in [0.1, 0.15) is 17.1 Å². The maximum Gasteiger partial charge on any atom is 0.326 e. The standard InChI is InChI=1S/C29H28N4O9/c1-33(2)17-11-16(31-28(41)32-27(40)12-6-4-3-5-7-12)22(35)20-15(17)9-13-8-14-10-18(34)21(26(30)39)25(38)29(14,42)24(37)19(13)23(20)36/h3-7,11,13-14,35-36,38,42H,8-10H2,1-2H3,(H2,30,39)(H2,31,32,40,41)/t13-,14+,29+/m1/s1. The number of hydrogen-bond acceptors (Lipinski definition) is 10. The highest BCUT2D eigenvalue weighted by atomic mass is 16.3. The van der Waals surface area contributed by atoms with Crippen LogP contribution in [0.3, 0.4) is 0 Å². The number of primary amides is 1. The molecule has 5 rings (SSSR count). The van der Waals surface area contributed by atoms with Crippen molar-refractivity contribution in [3.05, 3.63) is 70.0 Å². The van der Waals surface area contributed by atoms with E-state index in [0.29, 0.717) is 11.3 Å². The van der Waals surface area contributed by atoms with Crippen LogP contribution in [0.4, 0.5) is 16.2 Å². The summed E-state index contributed by atoms with van der Waals surface area (Å²) in [6.45, 7) is 0. The van der Waals surface area contributed by atoms with Crippen molar-refractivity contribution >= 4 is 46.5 Å². The molecule has 42 heavy (non-hydrogen) atoms. The summed E-state index contributed by atoms with van der Waals surface area (Å²) in [5.74, 6) is -8.22. The first kappa shape index (κ1) is 28.4. The second-order valence-electron chi connectivity index (χ2n) is 10.7. The zero-order valence-corrected chi connectivity index (χ0v) is 22.6. The van der Waals surface area contributed by atoms with E-state index in [9.17, 15) is 44.4 Å². The second kappa shape index (κ2) is 10.0. The minimum Gasteiger partial charge on any atom is -0.508 e. The van der Waals surface area contributed by atoms with Gasteiger partial charge in [0, 0.05) is 43.3 Å². The normalized spacial score (nSPS) is 23.0. The number of carbonyl (C=O) groups is 5. The summed E-state index contributed by atoms with van der Waals surface area (Å²) in [5.41, 5.74) is 2.06. The molecule has 0 saturated heterocycles. The fourth-order valence-electron chi connectivity index (χ4n) is 6.08. The number of aliphatic hydroxyl groups is 3. The molecule has 0 aromatic heterocycles. The first-order valence-corrected chi connectivity index (χ1v) is 13.0. The number of phenols is 1. The van der Waals surface area contributed by atoms with Crippen LogP contribution in [0.2, 0.25) is 0 Å². The number of nitrogens with two attached hydrogens (primary N) is 1. The third kappa shape index (κ3) is 4.25. The number of Topliss-reactive ketones (excluding diaryl/α,β-unsaturated/α-hetero) is 2. The van der Waals surface area contributed by atoms with E-state index in [4.69, 9.17) is 5.73 Å². The first-order chi connectivity index (χ1) is 19.8. The van der Waals surface area contributed by atoms with Crippen LogP contribution in [0.1, 0.15) is 34.3 Å². The minimum absolute atomic E-state index is 0.0133. The van der Waals surface area contributed by atoms with Crippen molar-refractivity contribution in [3.63, 3.8) is 0 Å². The Hall–Kier alpha value is -5.17. The van der Waals surface area contributed by atoms with Crippen molar-refractivity contribution in [1.82, 2.24) is 5.32 Å². The molecule has 4 amide bonds. The van der Waals surface area contributed by atoms with Crippen molar-refractivity contribution in [2.45, 2.75) is 24.9 Å². The van der Waals surface area contributed by atoms with E-state index in [1.807, 2.05) is 0 Å². The number of aliphatic hydroxyl groups excluding tert-OH is 2. The van der Waals surface area contributed by atoms with Gasteiger partial charge in [0.05, 0.1) is 11.3 Å². The number of nitrogens with one attached hydrogen (secondary N) is 2. The number of carbonyl (C=O) groups excluding carboxylic acids is 5. The lowest BCUT2D eigenvalue weighted by Crippen LogP contribution is -2.58. The van der Waals surface area contributed by atoms with Crippen molar-refractivity contribution in [2.75, 3.05) is 24.3 Å². The molecule has 0 spiro atoms. The largest absolute Gasteiger partial charge is 0.508 e. The van der Waals surface area contributed by atoms with E-state index in [-0.39, 0.29) is 35.2 Å². The molecule has 1 fully saturated rings. The molecule has 0 bridgehead atoms. The average Bonchev–Trinajstić information content (AvgIpc) is 2.92. The van der Waals surface area contributed by atoms with E-state index >= 15 is 0 Å². The number of hydrogen-bond donors (Lipinski definition) is 7. The Kier molecular flexibility index (Phi) is 6.77. The molecule has 2 aromatic rings. The zero-order chi connectivity index (χ0) is 30.7. The predicted octanol–water partition coefficient (Wildman–Crippen LogP) is 1.45. The number of phenolic OH excluding ortho intramolecular Hbond substituents is 1. The highest BCUT2D eigenvalue weighted by molar-refractivity contribution is 6.23. The lowest BCUT2D eigenvalue weighted by atomic mass is 9.59. The highest BCUT2D eigenvalue weighted by Crippen LogP contribution is 2.54. The molecule has 3 aliphatic rings. The van der Waals surface area contributed by atoms with Crippen LogP contribution >= 0.6 is 0 Å². The number of amides is 4. The van der Waals surface area contributed by atoms with Crippen LogP contribution in [0.25, 0.3) is 5.76 Å². The Bertz CT molecular complexity index is 1640. The van der Waals surface area contributed by atoms with Crippen molar-refractivity contribution in [1.29, 1.82) is 0 Å². The van der Waals surface area contributed by atoms with Crippen molar-refractivity contribution in [3.8, 4) is 5.75 Å². The van der Waals surface area contributed by atoms with E-state index in [2.05, 4.69) is 10.6 Å². The van der Waals surface area contributed by atoms with Crippen molar-refractivity contribution < 1.29 is 44.4 Å². The minimum atomic E-state index is -2.69. The smallest absolute Gasteiger partial charge is 0.326 e. The summed E-state index contributed by atoms with van der Waals surface area (Å²) in [6, 6.07) is 8.42. The number of fused-ring (bicyclic) bond motifs is 3. The van der Waals surface area contributed by atoms with E-state index in [1.165, 1.54) is 18.2 Å². The van der Waals surface area contributed by atoms with Gasteiger partial charge >= 0.3 is 6.03 Å². The molecule has 0 radical (unpaired) electrons. The summed E-state index contributed by atoms with van der Waals surface area (Å²) >= 11 is 0. The van der Waals surface area contributed by atoms with E-state index in [0.717, 1.165) is 0 Å². The van der Waals surface area contributed by atoms with Crippen LogP contribution in [0.5, 0.6) is 5.75 Å². The lowest BCUT2D eigenvalue weighted by Gasteiger charge is -2.46. The Morgan fingerprint density at radius 1 is 1.05 bits per heavy atom. The molecule has 13 heteroatoms. The third-order valence-corrected chi connectivity index (χ3v) is 8.03. The summed E-state index contributed by atoms with van der Waals surface area (Å²) in [6.07, 6.45) is -0.345. The van der Waals surface area contributed by atoms with Crippen LogP contribution in [0.15, 0.2) is 53.3 Å². The fourth-order valence-corrected chi connectivity index (χ4v) is 6.08. The molecule has 0 unspecified atom stereocenters. The Balaban J connectivity index is 1.58. The topological polar surface area (TPSA) is 220 Å². The number of ketones is 2. The number of rotatable bonds is 4. The Labute approximate surface area is 238 Å². The van der Waals surface area contributed by atoms with E-state index < -0.39 is 76.1 Å². The third-order valence-electron chi connectivity index (χ3n) is 8.03. The van der Waals surface area contributed by atoms with Gasteiger partial charge in [-0.1, -0.05) is 18.2 Å². The maximum atomic E-state index is 13.7. The van der Waals surface area contributed by atoms with Gasteiger partial charge in [0.15, 0.2) is 17.1 Å². The number of urea groups is 1. The molecule has 0 heterocycles. The van der Waals surface area contributed by atoms with Gasteiger partial charge in [0.2, 0.25) is 5.78 Å². The van der Waals surface area contributed by atoms with Gasteiger partial charge < -0.3 is 36.4 Å². The zero-order valence-electron chi connectivity index (χ0n) is 22.6. The molecule has 2 aromatic carbocycles. The fraction of sp³-hybridized carbons (Fsp3) is 0.276. The van der Waals surface area contributed by atoms with Crippen LogP contribution in [-0.2, 0) is 20.8 Å². The van der Waals surface area contributed by atoms with Crippen molar-refractivity contribution in [2.24, 2.45) is 17.6 Å². The van der Waals surface area contributed by atoms with Gasteiger partial charge in [-0.25, -0.2) is 4.79 Å². The highest BCUT2D eigenvalue weighted by Gasteiger charge is 2.60. The molecule has 0 aliphatic heterocycles. The van der Waals surface area contributed by atoms with Gasteiger partial charge in [-0.2, -0.15) is 0 Å². The molecule has 3 atom stereocenters. The first-order valence-electron chi connectivity index (χ1n) is 13.0. The molecule has 3 aliphatic carbocycles. The summed E-state index contributed by atoms with van der Waals surface area (Å²) in [5, 5.41) is 49.3. The SMILES string of the molecule is CN(C)c1cc(NC(=O)NC(=O)c2ccccc2)c(O)c2c1C[C@H]1C[C@H]3CC(=O)C(C(N)=O)=C(O)[C@@]3(O)C(=O)C1=C2O. The van der Waals surface area contributed by atoms with E-state index in [1.54, 1.807) is 37.2 Å². The predicted molar refractivity (Wildman–Crippen MR) is 149 cm³/mol. The molecule has 8 N–H and O–H groups in total. The average molecular weight is 577 g/mol. The Morgan fingerprint density at radius 3 is 2.33 bits per heavy atom. The van der Waals surface area contributed by atoms with Gasteiger partial charge in [-0.15, -0.1) is 0 Å². The summed E-state index contributed by atoms with van der Waals surface area (Å²) in [7, 11) is 3.37. The number of nitrogens with zero attached hydrogens (tertiary/aromatic N) is 1. The second-order valence-corrected chi connectivity index (χ2v) is 10.7. The van der Waals surface area contributed by atoms with Gasteiger partial charge in [-0.05, 0) is 42.5 Å². The number of benzene rings is 2. The molecular formula is C29H28N4O9. The lowest BCUT2D eigenvalue weighted by molar-refractivity contribution is -0.147. The summed E-state index contributed by atoms with van der Waals surface area (Å²) < 4.78 is 0. The summed E-state index contributed by atoms with van der Waals surface area (Å²) in [4.78, 5) is 64.9. The van der Waals surface area contributed by atoms with Gasteiger partial charge in [0.25, 0.3) is 11.8 Å². The van der Waals surface area contributed by atoms with Crippen LogP contribution in [-0.4, -0.2) is 69.5 Å². The van der Waals surface area contributed by atoms with Crippen LogP contribution < -0.4 is 21.3 Å². The Morgan fingerprint density at radius 2 is 1.71 bits per heavy atom. The van der Waals surface area contributed by atoms with Gasteiger partial charge in [-0.3, -0.25) is 24.5 Å². The number of imide groups is 1. The quantitative estimate of drug-likeness (QED) is 0.205. The monoisotopic (exact) mass is 576 g/mol. The molecule has 1 saturated carbocycles.